The van der Waals surface area contributed by atoms with Crippen LogP contribution in [0.25, 0.3) is 6.08 Å². The number of furan rings is 1. The van der Waals surface area contributed by atoms with Gasteiger partial charge in [0.15, 0.2) is 0 Å². The Morgan fingerprint density at radius 3 is 2.80 bits per heavy atom. The van der Waals surface area contributed by atoms with Gasteiger partial charge < -0.3 is 4.42 Å². The van der Waals surface area contributed by atoms with E-state index in [4.69, 9.17) is 9.68 Å². The number of hydrogen-bond acceptors (Lipinski definition) is 2. The second-order valence-electron chi connectivity index (χ2n) is 4.06. The second-order valence-corrected chi connectivity index (χ2v) is 4.06. The maximum atomic E-state index is 9.12. The maximum Gasteiger partial charge on any atom is 0.127 e. The Bertz CT molecular complexity index is 364. The summed E-state index contributed by atoms with van der Waals surface area (Å²) in [6, 6.07) is 6.05. The molecule has 1 aromatic rings. The predicted molar refractivity (Wildman–Crippen MR) is 58.9 cm³/mol. The van der Waals surface area contributed by atoms with Gasteiger partial charge in [-0.1, -0.05) is 19.3 Å². The summed E-state index contributed by atoms with van der Waals surface area (Å²) in [7, 11) is 0. The van der Waals surface area contributed by atoms with Crippen LogP contribution in [-0.4, -0.2) is 0 Å². The molecule has 0 saturated heterocycles. The zero-order chi connectivity index (χ0) is 10.5. The van der Waals surface area contributed by atoms with Gasteiger partial charge in [0, 0.05) is 5.57 Å². The van der Waals surface area contributed by atoms with Crippen LogP contribution in [-0.2, 0) is 0 Å². The molecule has 1 aliphatic rings. The molecule has 1 heterocycles. The fourth-order valence-electron chi connectivity index (χ4n) is 2.18. The normalized spacial score (nSPS) is 18.7. The highest BCUT2D eigenvalue weighted by Crippen LogP contribution is 2.30. The summed E-state index contributed by atoms with van der Waals surface area (Å²) in [5, 5.41) is 9.12. The number of nitrogens with zero attached hydrogens (tertiary/aromatic N) is 1. The highest BCUT2D eigenvalue weighted by molar-refractivity contribution is 5.53. The lowest BCUT2D eigenvalue weighted by atomic mass is 9.84. The molecule has 15 heavy (non-hydrogen) atoms. The molecule has 0 bridgehead atoms. The van der Waals surface area contributed by atoms with Gasteiger partial charge in [0.1, 0.15) is 5.76 Å². The minimum atomic E-state index is 0.453. The molecule has 2 heteroatoms. The molecule has 0 amide bonds. The van der Waals surface area contributed by atoms with Crippen molar-refractivity contribution < 1.29 is 4.42 Å². The van der Waals surface area contributed by atoms with E-state index in [0.717, 1.165) is 24.2 Å². The number of rotatable bonds is 2. The minimum Gasteiger partial charge on any atom is -0.465 e. The third-order valence-corrected chi connectivity index (χ3v) is 3.02. The van der Waals surface area contributed by atoms with Crippen molar-refractivity contribution in [1.82, 2.24) is 0 Å². The van der Waals surface area contributed by atoms with Gasteiger partial charge in [-0.05, 0) is 37.0 Å². The Kier molecular flexibility index (Phi) is 3.24. The van der Waals surface area contributed by atoms with Gasteiger partial charge in [-0.15, -0.1) is 0 Å². The number of allylic oxidation sites excluding steroid dienone is 1. The lowest BCUT2D eigenvalue weighted by Crippen LogP contribution is -2.07. The average Bonchev–Trinajstić information content (AvgIpc) is 2.80. The zero-order valence-corrected chi connectivity index (χ0v) is 8.78. The highest BCUT2D eigenvalue weighted by Gasteiger charge is 2.17. The van der Waals surface area contributed by atoms with Crippen molar-refractivity contribution in [3.05, 3.63) is 29.7 Å². The molecule has 78 valence electrons. The maximum absolute atomic E-state index is 9.12. The van der Waals surface area contributed by atoms with Crippen molar-refractivity contribution in [1.29, 1.82) is 5.26 Å². The summed E-state index contributed by atoms with van der Waals surface area (Å²) < 4.78 is 5.23. The van der Waals surface area contributed by atoms with Gasteiger partial charge in [0.05, 0.1) is 12.3 Å². The molecule has 2 rings (SSSR count). The van der Waals surface area contributed by atoms with E-state index in [1.54, 1.807) is 6.26 Å². The lowest BCUT2D eigenvalue weighted by Gasteiger charge is -2.20. The van der Waals surface area contributed by atoms with Crippen molar-refractivity contribution in [3.8, 4) is 6.07 Å². The van der Waals surface area contributed by atoms with Crippen LogP contribution in [0.3, 0.4) is 0 Å². The molecule has 0 N–H and O–H groups in total. The van der Waals surface area contributed by atoms with E-state index in [2.05, 4.69) is 6.07 Å². The summed E-state index contributed by atoms with van der Waals surface area (Å²) in [5.41, 5.74) is 0.879. The van der Waals surface area contributed by atoms with E-state index >= 15 is 0 Å². The van der Waals surface area contributed by atoms with Crippen LogP contribution in [0.15, 0.2) is 28.4 Å². The van der Waals surface area contributed by atoms with E-state index in [9.17, 15) is 0 Å². The first-order valence-electron chi connectivity index (χ1n) is 5.55. The molecule has 1 fully saturated rings. The summed E-state index contributed by atoms with van der Waals surface area (Å²) >= 11 is 0. The standard InChI is InChI=1S/C13H15NO/c14-10-12(9-13-7-4-8-15-13)11-5-2-1-3-6-11/h4,7-9,11H,1-3,5-6H2. The quantitative estimate of drug-likeness (QED) is 0.683. The summed E-state index contributed by atoms with van der Waals surface area (Å²) in [5.74, 6) is 1.24. The fraction of sp³-hybridized carbons (Fsp3) is 0.462. The first kappa shape index (κ1) is 10.0. The molecule has 1 saturated carbocycles. The van der Waals surface area contributed by atoms with Gasteiger partial charge in [-0.2, -0.15) is 5.26 Å². The van der Waals surface area contributed by atoms with Crippen LogP contribution in [0, 0.1) is 17.2 Å². The zero-order valence-electron chi connectivity index (χ0n) is 8.78. The molecular weight excluding hydrogens is 186 g/mol. The Morgan fingerprint density at radius 2 is 2.20 bits per heavy atom. The van der Waals surface area contributed by atoms with Crippen LogP contribution in [0.1, 0.15) is 37.9 Å². The SMILES string of the molecule is N#CC(=Cc1ccco1)C1CCCCC1. The molecule has 0 unspecified atom stereocenters. The monoisotopic (exact) mass is 201 g/mol. The fourth-order valence-corrected chi connectivity index (χ4v) is 2.18. The first-order chi connectivity index (χ1) is 7.40. The first-order valence-corrected chi connectivity index (χ1v) is 5.55. The molecule has 2 nitrogen and oxygen atoms in total. The predicted octanol–water partition coefficient (Wildman–Crippen LogP) is 3.77. The van der Waals surface area contributed by atoms with Gasteiger partial charge in [-0.3, -0.25) is 0 Å². The van der Waals surface area contributed by atoms with Crippen LogP contribution in [0.5, 0.6) is 0 Å². The number of hydrogen-bond donors (Lipinski definition) is 0. The molecule has 0 aromatic carbocycles. The van der Waals surface area contributed by atoms with Crippen LogP contribution in [0.2, 0.25) is 0 Å². The van der Waals surface area contributed by atoms with E-state index in [-0.39, 0.29) is 0 Å². The van der Waals surface area contributed by atoms with Crippen LogP contribution in [0.4, 0.5) is 0 Å². The lowest BCUT2D eigenvalue weighted by molar-refractivity contribution is 0.410. The molecule has 0 aliphatic heterocycles. The Balaban J connectivity index is 2.13. The van der Waals surface area contributed by atoms with Gasteiger partial charge in [0.25, 0.3) is 0 Å². The molecule has 1 aliphatic carbocycles. The van der Waals surface area contributed by atoms with E-state index in [1.165, 1.54) is 19.3 Å². The molecule has 0 atom stereocenters. The van der Waals surface area contributed by atoms with E-state index in [1.807, 2.05) is 18.2 Å². The van der Waals surface area contributed by atoms with Crippen molar-refractivity contribution in [3.63, 3.8) is 0 Å². The van der Waals surface area contributed by atoms with E-state index in [0.29, 0.717) is 5.92 Å². The molecule has 0 radical (unpaired) electrons. The highest BCUT2D eigenvalue weighted by atomic mass is 16.3. The smallest absolute Gasteiger partial charge is 0.127 e. The largest absolute Gasteiger partial charge is 0.465 e. The van der Waals surface area contributed by atoms with Crippen molar-refractivity contribution in [2.45, 2.75) is 32.1 Å². The van der Waals surface area contributed by atoms with Crippen LogP contribution < -0.4 is 0 Å². The van der Waals surface area contributed by atoms with Crippen molar-refractivity contribution >= 4 is 6.08 Å². The van der Waals surface area contributed by atoms with Gasteiger partial charge in [0.2, 0.25) is 0 Å². The molecule has 1 aromatic heterocycles. The topological polar surface area (TPSA) is 36.9 Å². The Labute approximate surface area is 90.2 Å². The minimum absolute atomic E-state index is 0.453. The molecule has 0 spiro atoms. The summed E-state index contributed by atoms with van der Waals surface area (Å²) in [4.78, 5) is 0. The average molecular weight is 201 g/mol. The van der Waals surface area contributed by atoms with Crippen molar-refractivity contribution in [2.24, 2.45) is 5.92 Å². The Hall–Kier alpha value is -1.49. The van der Waals surface area contributed by atoms with Gasteiger partial charge in [-0.25, -0.2) is 0 Å². The molecular formula is C13H15NO. The van der Waals surface area contributed by atoms with Crippen LogP contribution >= 0.6 is 0 Å². The second kappa shape index (κ2) is 4.84. The third-order valence-electron chi connectivity index (χ3n) is 3.02. The summed E-state index contributed by atoms with van der Waals surface area (Å²) in [6.45, 7) is 0. The number of nitriles is 1. The van der Waals surface area contributed by atoms with Crippen molar-refractivity contribution in [2.75, 3.05) is 0 Å². The Morgan fingerprint density at radius 1 is 1.40 bits per heavy atom. The summed E-state index contributed by atoms with van der Waals surface area (Å²) in [6.07, 6.45) is 9.65. The van der Waals surface area contributed by atoms with E-state index < -0.39 is 0 Å². The van der Waals surface area contributed by atoms with Gasteiger partial charge >= 0.3 is 0 Å². The third kappa shape index (κ3) is 2.50.